The fraction of sp³-hybridized carbons (Fsp3) is 0.632. The lowest BCUT2D eigenvalue weighted by molar-refractivity contribution is 0.0526. The molecule has 3 rings (SSSR count). The quantitative estimate of drug-likeness (QED) is 0.772. The van der Waals surface area contributed by atoms with E-state index in [9.17, 15) is 14.4 Å². The Balaban J connectivity index is 1.68. The number of anilines is 1. The molecule has 154 valence electrons. The minimum Gasteiger partial charge on any atom is -0.462 e. The van der Waals surface area contributed by atoms with Gasteiger partial charge in [-0.05, 0) is 45.1 Å². The van der Waals surface area contributed by atoms with E-state index in [4.69, 9.17) is 9.47 Å². The zero-order valence-corrected chi connectivity index (χ0v) is 17.2. The first kappa shape index (κ1) is 20.4. The summed E-state index contributed by atoms with van der Waals surface area (Å²) in [4.78, 5) is 41.5. The Labute approximate surface area is 168 Å². The highest BCUT2D eigenvalue weighted by Gasteiger charge is 2.30. The van der Waals surface area contributed by atoms with Gasteiger partial charge in [-0.15, -0.1) is 11.3 Å². The van der Waals surface area contributed by atoms with Gasteiger partial charge < -0.3 is 19.3 Å². The number of hydrogen-bond donors (Lipinski definition) is 1. The molecule has 1 aromatic rings. The summed E-state index contributed by atoms with van der Waals surface area (Å²) in [7, 11) is 0. The Morgan fingerprint density at radius 3 is 2.29 bits per heavy atom. The minimum atomic E-state index is -0.371. The number of carbonyl (C=O) groups is 3. The second-order valence-electron chi connectivity index (χ2n) is 6.74. The number of piperazine rings is 1. The number of fused-ring (bicyclic) bond motifs is 1. The second-order valence-corrected chi connectivity index (χ2v) is 7.84. The highest BCUT2D eigenvalue weighted by Crippen LogP contribution is 2.38. The molecule has 3 amide bonds. The number of esters is 1. The SMILES string of the molecule is CCOC(=O)c1c(NC(=O)N2CCN(C(=O)OCC)CC2)sc2c1CCCC2. The first-order valence-corrected chi connectivity index (χ1v) is 10.7. The maximum absolute atomic E-state index is 12.7. The molecule has 0 atom stereocenters. The van der Waals surface area contributed by atoms with Crippen LogP contribution >= 0.6 is 11.3 Å². The molecule has 0 spiro atoms. The van der Waals surface area contributed by atoms with Crippen molar-refractivity contribution in [2.45, 2.75) is 39.5 Å². The molecule has 2 heterocycles. The van der Waals surface area contributed by atoms with Crippen molar-refractivity contribution in [3.05, 3.63) is 16.0 Å². The average Bonchev–Trinajstić information content (AvgIpc) is 3.06. The molecule has 1 saturated heterocycles. The number of amides is 3. The number of ether oxygens (including phenoxy) is 2. The number of carbonyl (C=O) groups excluding carboxylic acids is 3. The zero-order chi connectivity index (χ0) is 20.1. The van der Waals surface area contributed by atoms with Crippen LogP contribution in [0.3, 0.4) is 0 Å². The van der Waals surface area contributed by atoms with Gasteiger partial charge in [0.25, 0.3) is 0 Å². The molecule has 28 heavy (non-hydrogen) atoms. The third-order valence-corrected chi connectivity index (χ3v) is 6.17. The maximum Gasteiger partial charge on any atom is 0.409 e. The number of nitrogens with zero attached hydrogens (tertiary/aromatic N) is 2. The lowest BCUT2D eigenvalue weighted by Crippen LogP contribution is -2.51. The van der Waals surface area contributed by atoms with Gasteiger partial charge in [0.15, 0.2) is 0 Å². The van der Waals surface area contributed by atoms with Crippen LogP contribution in [0.1, 0.15) is 47.5 Å². The summed E-state index contributed by atoms with van der Waals surface area (Å²) in [5, 5.41) is 3.49. The number of hydrogen-bond acceptors (Lipinski definition) is 6. The summed E-state index contributed by atoms with van der Waals surface area (Å²) in [5.74, 6) is -0.371. The molecular weight excluding hydrogens is 382 g/mol. The van der Waals surface area contributed by atoms with E-state index in [0.717, 1.165) is 36.1 Å². The van der Waals surface area contributed by atoms with Crippen LogP contribution in [0.25, 0.3) is 0 Å². The predicted octanol–water partition coefficient (Wildman–Crippen LogP) is 3.11. The van der Waals surface area contributed by atoms with Crippen LogP contribution < -0.4 is 5.32 Å². The molecule has 9 heteroatoms. The Bertz CT molecular complexity index is 740. The third kappa shape index (κ3) is 4.40. The van der Waals surface area contributed by atoms with E-state index < -0.39 is 0 Å². The lowest BCUT2D eigenvalue weighted by Gasteiger charge is -2.33. The maximum atomic E-state index is 12.7. The molecule has 2 aliphatic rings. The highest BCUT2D eigenvalue weighted by molar-refractivity contribution is 7.17. The molecule has 1 aliphatic heterocycles. The monoisotopic (exact) mass is 409 g/mol. The van der Waals surface area contributed by atoms with Crippen molar-refractivity contribution in [1.82, 2.24) is 9.80 Å². The molecule has 0 radical (unpaired) electrons. The van der Waals surface area contributed by atoms with Crippen molar-refractivity contribution in [2.24, 2.45) is 0 Å². The molecule has 0 saturated carbocycles. The standard InChI is InChI=1S/C19H27N3O5S/c1-3-26-17(23)15-13-7-5-6-8-14(13)28-16(15)20-18(24)21-9-11-22(12-10-21)19(25)27-4-2/h3-12H2,1-2H3,(H,20,24). The molecule has 1 N–H and O–H groups in total. The van der Waals surface area contributed by atoms with Gasteiger partial charge in [0.2, 0.25) is 0 Å². The van der Waals surface area contributed by atoms with E-state index >= 15 is 0 Å². The van der Waals surface area contributed by atoms with E-state index in [-0.39, 0.29) is 18.1 Å². The first-order chi connectivity index (χ1) is 13.5. The molecule has 1 aliphatic carbocycles. The van der Waals surface area contributed by atoms with Crippen LogP contribution in [0, 0.1) is 0 Å². The average molecular weight is 410 g/mol. The Kier molecular flexibility index (Phi) is 6.77. The zero-order valence-electron chi connectivity index (χ0n) is 16.4. The summed E-state index contributed by atoms with van der Waals surface area (Å²) < 4.78 is 10.2. The summed E-state index contributed by atoms with van der Waals surface area (Å²) in [5.41, 5.74) is 1.54. The normalized spacial score (nSPS) is 16.4. The highest BCUT2D eigenvalue weighted by atomic mass is 32.1. The topological polar surface area (TPSA) is 88.2 Å². The van der Waals surface area contributed by atoms with Crippen molar-refractivity contribution in [3.63, 3.8) is 0 Å². The van der Waals surface area contributed by atoms with Crippen LogP contribution in [0.5, 0.6) is 0 Å². The summed E-state index contributed by atoms with van der Waals surface area (Å²) in [6.45, 7) is 5.87. The largest absolute Gasteiger partial charge is 0.462 e. The van der Waals surface area contributed by atoms with E-state index in [1.54, 1.807) is 23.6 Å². The molecule has 1 aromatic heterocycles. The van der Waals surface area contributed by atoms with Crippen molar-refractivity contribution in [1.29, 1.82) is 0 Å². The summed E-state index contributed by atoms with van der Waals surface area (Å²) in [6, 6.07) is -0.257. The summed E-state index contributed by atoms with van der Waals surface area (Å²) >= 11 is 1.48. The molecule has 8 nitrogen and oxygen atoms in total. The number of rotatable bonds is 4. The minimum absolute atomic E-state index is 0.257. The predicted molar refractivity (Wildman–Crippen MR) is 106 cm³/mol. The van der Waals surface area contributed by atoms with Gasteiger partial charge in [-0.25, -0.2) is 14.4 Å². The Morgan fingerprint density at radius 2 is 1.61 bits per heavy atom. The number of aryl methyl sites for hydroxylation is 1. The summed E-state index contributed by atoms with van der Waals surface area (Å²) in [6.07, 6.45) is 3.56. The fourth-order valence-corrected chi connectivity index (χ4v) is 4.82. The van der Waals surface area contributed by atoms with Crippen molar-refractivity contribution < 1.29 is 23.9 Å². The second kappa shape index (κ2) is 9.27. The smallest absolute Gasteiger partial charge is 0.409 e. The lowest BCUT2D eigenvalue weighted by atomic mass is 9.95. The van der Waals surface area contributed by atoms with Crippen molar-refractivity contribution in [3.8, 4) is 0 Å². The van der Waals surface area contributed by atoms with E-state index in [2.05, 4.69) is 5.32 Å². The Hall–Kier alpha value is -2.29. The molecular formula is C19H27N3O5S. The van der Waals surface area contributed by atoms with Gasteiger partial charge in [0.1, 0.15) is 5.00 Å². The first-order valence-electron chi connectivity index (χ1n) is 9.84. The van der Waals surface area contributed by atoms with E-state index in [1.807, 2.05) is 0 Å². The van der Waals surface area contributed by atoms with Gasteiger partial charge in [0.05, 0.1) is 18.8 Å². The van der Waals surface area contributed by atoms with Crippen LogP contribution in [0.15, 0.2) is 0 Å². The van der Waals surface area contributed by atoms with Gasteiger partial charge in [-0.2, -0.15) is 0 Å². The van der Waals surface area contributed by atoms with Crippen LogP contribution in [-0.2, 0) is 22.3 Å². The number of nitrogens with one attached hydrogen (secondary N) is 1. The van der Waals surface area contributed by atoms with Crippen molar-refractivity contribution >= 4 is 34.4 Å². The van der Waals surface area contributed by atoms with Crippen LogP contribution in [-0.4, -0.2) is 67.3 Å². The van der Waals surface area contributed by atoms with E-state index in [1.165, 1.54) is 11.3 Å². The van der Waals surface area contributed by atoms with E-state index in [0.29, 0.717) is 50.0 Å². The van der Waals surface area contributed by atoms with Crippen LogP contribution in [0.4, 0.5) is 14.6 Å². The van der Waals surface area contributed by atoms with Gasteiger partial charge >= 0.3 is 18.1 Å². The molecule has 0 bridgehead atoms. The number of urea groups is 1. The van der Waals surface area contributed by atoms with Gasteiger partial charge in [-0.3, -0.25) is 5.32 Å². The molecule has 0 unspecified atom stereocenters. The van der Waals surface area contributed by atoms with Crippen LogP contribution in [0.2, 0.25) is 0 Å². The third-order valence-electron chi connectivity index (χ3n) is 4.96. The fourth-order valence-electron chi connectivity index (χ4n) is 3.56. The molecule has 0 aromatic carbocycles. The van der Waals surface area contributed by atoms with Crippen molar-refractivity contribution in [2.75, 3.05) is 44.7 Å². The van der Waals surface area contributed by atoms with Gasteiger partial charge in [-0.1, -0.05) is 0 Å². The molecule has 1 fully saturated rings. The number of thiophene rings is 1. The van der Waals surface area contributed by atoms with Gasteiger partial charge in [0, 0.05) is 31.1 Å². The Morgan fingerprint density at radius 1 is 0.964 bits per heavy atom.